The highest BCUT2D eigenvalue weighted by Crippen LogP contribution is 2.32. The van der Waals surface area contributed by atoms with Gasteiger partial charge in [-0.1, -0.05) is 25.1 Å². The molecule has 4 nitrogen and oxygen atoms in total. The summed E-state index contributed by atoms with van der Waals surface area (Å²) in [6.07, 6.45) is 3.17. The molecular weight excluding hydrogens is 272 g/mol. The van der Waals surface area contributed by atoms with E-state index in [9.17, 15) is 8.42 Å². The lowest BCUT2D eigenvalue weighted by Crippen LogP contribution is -2.34. The summed E-state index contributed by atoms with van der Waals surface area (Å²) in [5.41, 5.74) is 0.840. The fraction of sp³-hybridized carbons (Fsp3) is 0.600. The molecule has 0 atom stereocenters. The van der Waals surface area contributed by atoms with Crippen LogP contribution in [0.1, 0.15) is 31.7 Å². The fourth-order valence-corrected chi connectivity index (χ4v) is 4.21. The van der Waals surface area contributed by atoms with Crippen LogP contribution in [0.2, 0.25) is 0 Å². The highest BCUT2D eigenvalue weighted by molar-refractivity contribution is 7.89. The summed E-state index contributed by atoms with van der Waals surface area (Å²) in [4.78, 5) is 0.448. The molecule has 1 N–H and O–H groups in total. The Bertz CT molecular complexity index is 539. The number of nitrogens with one attached hydrogen (secondary N) is 1. The molecule has 0 bridgehead atoms. The number of hydrogen-bond acceptors (Lipinski definition) is 3. The SMILES string of the molecule is CCCN(CC1CC1)S(=O)(=O)c1ccccc1CNC. The molecule has 0 radical (unpaired) electrons. The second kappa shape index (κ2) is 6.70. The Balaban J connectivity index is 2.30. The molecule has 5 heteroatoms. The molecule has 1 aromatic rings. The predicted molar refractivity (Wildman–Crippen MR) is 81.0 cm³/mol. The van der Waals surface area contributed by atoms with Crippen LogP contribution in [0.4, 0.5) is 0 Å². The van der Waals surface area contributed by atoms with E-state index in [0.717, 1.165) is 24.8 Å². The van der Waals surface area contributed by atoms with Crippen molar-refractivity contribution in [2.75, 3.05) is 20.1 Å². The summed E-state index contributed by atoms with van der Waals surface area (Å²) >= 11 is 0. The van der Waals surface area contributed by atoms with Gasteiger partial charge in [0.2, 0.25) is 10.0 Å². The normalized spacial score (nSPS) is 15.8. The lowest BCUT2D eigenvalue weighted by Gasteiger charge is -2.23. The molecule has 1 aromatic carbocycles. The molecule has 1 fully saturated rings. The quantitative estimate of drug-likeness (QED) is 0.800. The summed E-state index contributed by atoms with van der Waals surface area (Å²) in [5.74, 6) is 0.563. The fourth-order valence-electron chi connectivity index (χ4n) is 2.38. The number of rotatable bonds is 8. The minimum Gasteiger partial charge on any atom is -0.316 e. The van der Waals surface area contributed by atoms with Crippen molar-refractivity contribution in [2.24, 2.45) is 5.92 Å². The molecule has 0 aliphatic heterocycles. The van der Waals surface area contributed by atoms with Crippen molar-refractivity contribution in [3.8, 4) is 0 Å². The van der Waals surface area contributed by atoms with Crippen molar-refractivity contribution in [1.29, 1.82) is 0 Å². The van der Waals surface area contributed by atoms with Crippen LogP contribution >= 0.6 is 0 Å². The molecule has 20 heavy (non-hydrogen) atoms. The molecule has 112 valence electrons. The summed E-state index contributed by atoms with van der Waals surface area (Å²) in [5, 5.41) is 3.04. The van der Waals surface area contributed by atoms with Crippen molar-refractivity contribution >= 4 is 10.0 Å². The lowest BCUT2D eigenvalue weighted by atomic mass is 10.2. The minimum atomic E-state index is -3.38. The smallest absolute Gasteiger partial charge is 0.243 e. The van der Waals surface area contributed by atoms with Crippen LogP contribution in [0.15, 0.2) is 29.2 Å². The molecule has 1 aliphatic carbocycles. The zero-order valence-corrected chi connectivity index (χ0v) is 13.1. The van der Waals surface area contributed by atoms with Crippen molar-refractivity contribution in [1.82, 2.24) is 9.62 Å². The van der Waals surface area contributed by atoms with Gasteiger partial charge in [0.25, 0.3) is 0 Å². The molecular formula is C15H24N2O2S. The van der Waals surface area contributed by atoms with Crippen molar-refractivity contribution in [3.05, 3.63) is 29.8 Å². The first kappa shape index (κ1) is 15.5. The molecule has 1 saturated carbocycles. The standard InChI is InChI=1S/C15H24N2O2S/c1-3-10-17(12-13-8-9-13)20(18,19)15-7-5-4-6-14(15)11-16-2/h4-7,13,16H,3,8-12H2,1-2H3. The third kappa shape index (κ3) is 3.59. The third-order valence-electron chi connectivity index (χ3n) is 3.59. The summed E-state index contributed by atoms with van der Waals surface area (Å²) < 4.78 is 27.4. The van der Waals surface area contributed by atoms with Gasteiger partial charge >= 0.3 is 0 Å². The van der Waals surface area contributed by atoms with Gasteiger partial charge in [0.1, 0.15) is 0 Å². The van der Waals surface area contributed by atoms with Gasteiger partial charge in [0.15, 0.2) is 0 Å². The van der Waals surface area contributed by atoms with Gasteiger partial charge in [-0.2, -0.15) is 4.31 Å². The van der Waals surface area contributed by atoms with Gasteiger partial charge < -0.3 is 5.32 Å². The van der Waals surface area contributed by atoms with E-state index in [2.05, 4.69) is 5.32 Å². The monoisotopic (exact) mass is 296 g/mol. The van der Waals surface area contributed by atoms with Crippen LogP contribution in [0.3, 0.4) is 0 Å². The molecule has 1 aliphatic rings. The van der Waals surface area contributed by atoms with Gasteiger partial charge in [-0.25, -0.2) is 8.42 Å². The van der Waals surface area contributed by atoms with Crippen LogP contribution in [-0.4, -0.2) is 32.9 Å². The van der Waals surface area contributed by atoms with Gasteiger partial charge in [-0.3, -0.25) is 0 Å². The van der Waals surface area contributed by atoms with Crippen LogP contribution < -0.4 is 5.32 Å². The summed E-state index contributed by atoms with van der Waals surface area (Å²) in [6.45, 7) is 3.87. The first-order valence-electron chi connectivity index (χ1n) is 7.32. The van der Waals surface area contributed by atoms with Gasteiger partial charge in [0.05, 0.1) is 4.90 Å². The highest BCUT2D eigenvalue weighted by atomic mass is 32.2. The van der Waals surface area contributed by atoms with E-state index in [4.69, 9.17) is 0 Å². The van der Waals surface area contributed by atoms with Crippen molar-refractivity contribution < 1.29 is 8.42 Å². The molecule has 0 amide bonds. The Morgan fingerprint density at radius 1 is 1.30 bits per heavy atom. The second-order valence-electron chi connectivity index (χ2n) is 5.44. The van der Waals surface area contributed by atoms with Gasteiger partial charge in [-0.15, -0.1) is 0 Å². The lowest BCUT2D eigenvalue weighted by molar-refractivity contribution is 0.395. The Hall–Kier alpha value is -0.910. The molecule has 0 spiro atoms. The second-order valence-corrected chi connectivity index (χ2v) is 7.35. The first-order valence-corrected chi connectivity index (χ1v) is 8.76. The van der Waals surface area contributed by atoms with E-state index in [-0.39, 0.29) is 0 Å². The molecule has 0 unspecified atom stereocenters. The highest BCUT2D eigenvalue weighted by Gasteiger charge is 2.32. The third-order valence-corrected chi connectivity index (χ3v) is 5.55. The van der Waals surface area contributed by atoms with Crippen molar-refractivity contribution in [2.45, 2.75) is 37.6 Å². The minimum absolute atomic E-state index is 0.448. The zero-order valence-electron chi connectivity index (χ0n) is 12.3. The molecule has 0 saturated heterocycles. The maximum Gasteiger partial charge on any atom is 0.243 e. The maximum atomic E-state index is 12.9. The van der Waals surface area contributed by atoms with Gasteiger partial charge in [0, 0.05) is 19.6 Å². The van der Waals surface area contributed by atoms with Crippen LogP contribution in [0.25, 0.3) is 0 Å². The van der Waals surface area contributed by atoms with E-state index in [1.807, 2.05) is 26.1 Å². The average Bonchev–Trinajstić information content (AvgIpc) is 3.23. The van der Waals surface area contributed by atoms with E-state index in [0.29, 0.717) is 30.4 Å². The number of hydrogen-bond donors (Lipinski definition) is 1. The number of nitrogens with zero attached hydrogens (tertiary/aromatic N) is 1. The Labute approximate surface area is 122 Å². The van der Waals surface area contributed by atoms with Crippen LogP contribution in [0, 0.1) is 5.92 Å². The Morgan fingerprint density at radius 3 is 2.60 bits per heavy atom. The van der Waals surface area contributed by atoms with E-state index in [1.54, 1.807) is 16.4 Å². The van der Waals surface area contributed by atoms with E-state index in [1.165, 1.54) is 0 Å². The number of benzene rings is 1. The van der Waals surface area contributed by atoms with E-state index >= 15 is 0 Å². The topological polar surface area (TPSA) is 49.4 Å². The van der Waals surface area contributed by atoms with Gasteiger partial charge in [-0.05, 0) is 43.9 Å². The molecule has 0 aromatic heterocycles. The number of sulfonamides is 1. The zero-order chi connectivity index (χ0) is 14.6. The maximum absolute atomic E-state index is 12.9. The van der Waals surface area contributed by atoms with Crippen LogP contribution in [0.5, 0.6) is 0 Å². The molecule has 0 heterocycles. The Morgan fingerprint density at radius 2 is 2.00 bits per heavy atom. The first-order chi connectivity index (χ1) is 9.59. The largest absolute Gasteiger partial charge is 0.316 e. The Kier molecular flexibility index (Phi) is 5.18. The summed E-state index contributed by atoms with van der Waals surface area (Å²) in [7, 11) is -1.55. The summed E-state index contributed by atoms with van der Waals surface area (Å²) in [6, 6.07) is 7.28. The van der Waals surface area contributed by atoms with E-state index < -0.39 is 10.0 Å². The van der Waals surface area contributed by atoms with Crippen molar-refractivity contribution in [3.63, 3.8) is 0 Å². The average molecular weight is 296 g/mol. The molecule has 2 rings (SSSR count). The predicted octanol–water partition coefficient (Wildman–Crippen LogP) is 2.22. The van der Waals surface area contributed by atoms with Crippen LogP contribution in [-0.2, 0) is 16.6 Å².